The molecule has 0 aliphatic carbocycles. The van der Waals surface area contributed by atoms with E-state index in [2.05, 4.69) is 43.5 Å². The van der Waals surface area contributed by atoms with Gasteiger partial charge in [-0.05, 0) is 70.8 Å². The number of halogens is 1. The Labute approximate surface area is 247 Å². The monoisotopic (exact) mass is 656 g/mol. The van der Waals surface area contributed by atoms with Crippen LogP contribution in [-0.4, -0.2) is 42.5 Å². The molecule has 11 heteroatoms. The number of guanidine groups is 1. The highest BCUT2D eigenvalue weighted by Crippen LogP contribution is 2.13. The molecule has 210 valence electrons. The number of alkyl carbamates (subject to hydrolysis) is 1. The lowest BCUT2D eigenvalue weighted by molar-refractivity contribution is -0.128. The van der Waals surface area contributed by atoms with Gasteiger partial charge in [-0.15, -0.1) is 0 Å². The number of nitrogens with zero attached hydrogens (tertiary/aromatic N) is 1. The molecule has 10 nitrogen and oxygen atoms in total. The maximum atomic E-state index is 13.5. The Hall–Kier alpha value is -4.13. The summed E-state index contributed by atoms with van der Waals surface area (Å²) in [5.41, 5.74) is 13.1. The Morgan fingerprint density at radius 1 is 0.800 bits per heavy atom. The summed E-state index contributed by atoms with van der Waals surface area (Å²) >= 11 is 2.17. The van der Waals surface area contributed by atoms with E-state index in [1.165, 1.54) is 0 Å². The van der Waals surface area contributed by atoms with Crippen LogP contribution in [0.1, 0.15) is 24.0 Å². The number of anilines is 1. The van der Waals surface area contributed by atoms with Gasteiger partial charge in [0.05, 0.1) is 0 Å². The fourth-order valence-electron chi connectivity index (χ4n) is 3.77. The molecule has 0 unspecified atom stereocenters. The third-order valence-corrected chi connectivity index (χ3v) is 6.51. The number of nitrogens with two attached hydrogens (primary N) is 2. The van der Waals surface area contributed by atoms with Gasteiger partial charge in [-0.3, -0.25) is 14.6 Å². The molecule has 0 bridgehead atoms. The zero-order valence-electron chi connectivity index (χ0n) is 21.9. The van der Waals surface area contributed by atoms with Crippen molar-refractivity contribution in [2.75, 3.05) is 11.9 Å². The van der Waals surface area contributed by atoms with Gasteiger partial charge in [-0.25, -0.2) is 4.79 Å². The summed E-state index contributed by atoms with van der Waals surface area (Å²) in [5, 5.41) is 8.30. The number of nitrogens with one attached hydrogen (secondary N) is 3. The van der Waals surface area contributed by atoms with Gasteiger partial charge in [0, 0.05) is 22.2 Å². The van der Waals surface area contributed by atoms with Crippen LogP contribution in [0.4, 0.5) is 10.5 Å². The molecule has 0 fully saturated rings. The van der Waals surface area contributed by atoms with Gasteiger partial charge in [0.15, 0.2) is 5.96 Å². The lowest BCUT2D eigenvalue weighted by atomic mass is 10.0. The van der Waals surface area contributed by atoms with Crippen molar-refractivity contribution in [3.8, 4) is 0 Å². The predicted octanol–water partition coefficient (Wildman–Crippen LogP) is 3.31. The summed E-state index contributed by atoms with van der Waals surface area (Å²) in [5.74, 6) is -0.973. The molecule has 3 rings (SSSR count). The van der Waals surface area contributed by atoms with Gasteiger partial charge >= 0.3 is 6.09 Å². The van der Waals surface area contributed by atoms with Crippen molar-refractivity contribution in [2.45, 2.75) is 38.0 Å². The molecule has 0 saturated heterocycles. The molecule has 3 aromatic rings. The zero-order chi connectivity index (χ0) is 28.7. The molecule has 0 heterocycles. The number of carbonyl (C=O) groups is 3. The molecule has 7 N–H and O–H groups in total. The molecule has 0 aromatic heterocycles. The number of benzene rings is 3. The van der Waals surface area contributed by atoms with E-state index in [9.17, 15) is 14.4 Å². The number of rotatable bonds is 13. The SMILES string of the molecule is NC(N)=NCCC[C@H](NC(=O)[C@H](Cc1ccccc1)NC(=O)OCc1ccccc1)C(=O)Nc1ccc(I)cc1. The second-order valence-electron chi connectivity index (χ2n) is 8.95. The van der Waals surface area contributed by atoms with Crippen LogP contribution in [0.2, 0.25) is 0 Å². The first kappa shape index (κ1) is 30.4. The van der Waals surface area contributed by atoms with Crippen LogP contribution in [0.3, 0.4) is 0 Å². The molecule has 0 saturated carbocycles. The van der Waals surface area contributed by atoms with Crippen molar-refractivity contribution in [3.63, 3.8) is 0 Å². The Balaban J connectivity index is 1.72. The van der Waals surface area contributed by atoms with Gasteiger partial charge < -0.3 is 32.2 Å². The second kappa shape index (κ2) is 16.1. The minimum atomic E-state index is -0.989. The Bertz CT molecular complexity index is 1270. The maximum Gasteiger partial charge on any atom is 0.408 e. The Morgan fingerprint density at radius 2 is 1.43 bits per heavy atom. The quantitative estimate of drug-likeness (QED) is 0.0822. The van der Waals surface area contributed by atoms with E-state index in [1.54, 1.807) is 12.1 Å². The van der Waals surface area contributed by atoms with E-state index in [1.807, 2.05) is 72.8 Å². The van der Waals surface area contributed by atoms with Gasteiger partial charge in [0.2, 0.25) is 11.8 Å². The average molecular weight is 657 g/mol. The fourth-order valence-corrected chi connectivity index (χ4v) is 4.13. The second-order valence-corrected chi connectivity index (χ2v) is 10.2. The summed E-state index contributed by atoms with van der Waals surface area (Å²) in [7, 11) is 0. The third-order valence-electron chi connectivity index (χ3n) is 5.79. The molecule has 0 aliphatic heterocycles. The average Bonchev–Trinajstić information content (AvgIpc) is 2.95. The summed E-state index contributed by atoms with van der Waals surface area (Å²) in [4.78, 5) is 43.3. The number of hydrogen-bond acceptors (Lipinski definition) is 5. The molecular formula is C29H33IN6O4. The van der Waals surface area contributed by atoms with Gasteiger partial charge in [-0.1, -0.05) is 60.7 Å². The standard InChI is InChI=1S/C29H33IN6O4/c30-22-13-15-23(16-14-22)34-26(37)24(12-7-17-33-28(31)32)35-27(38)25(18-20-8-3-1-4-9-20)36-29(39)40-19-21-10-5-2-6-11-21/h1-6,8-11,13-16,24-25H,7,12,17-19H2,(H,34,37)(H,35,38)(H,36,39)(H4,31,32,33)/t24-,25-/m0/s1. The van der Waals surface area contributed by atoms with Crippen molar-refractivity contribution >= 4 is 52.1 Å². The van der Waals surface area contributed by atoms with E-state index in [0.717, 1.165) is 14.7 Å². The highest BCUT2D eigenvalue weighted by molar-refractivity contribution is 14.1. The number of ether oxygens (including phenoxy) is 1. The molecule has 40 heavy (non-hydrogen) atoms. The maximum absolute atomic E-state index is 13.5. The van der Waals surface area contributed by atoms with Crippen molar-refractivity contribution in [1.29, 1.82) is 0 Å². The van der Waals surface area contributed by atoms with Crippen LogP contribution >= 0.6 is 22.6 Å². The minimum Gasteiger partial charge on any atom is -0.445 e. The highest BCUT2D eigenvalue weighted by atomic mass is 127. The number of hydrogen-bond donors (Lipinski definition) is 5. The van der Waals surface area contributed by atoms with Gasteiger partial charge in [0.1, 0.15) is 18.7 Å². The van der Waals surface area contributed by atoms with Crippen molar-refractivity contribution in [1.82, 2.24) is 10.6 Å². The molecular weight excluding hydrogens is 623 g/mol. The third kappa shape index (κ3) is 10.9. The molecule has 3 amide bonds. The normalized spacial score (nSPS) is 11.9. The van der Waals surface area contributed by atoms with E-state index >= 15 is 0 Å². The van der Waals surface area contributed by atoms with E-state index in [-0.39, 0.29) is 25.4 Å². The van der Waals surface area contributed by atoms with Crippen molar-refractivity contribution in [2.24, 2.45) is 16.5 Å². The topological polar surface area (TPSA) is 161 Å². The summed E-state index contributed by atoms with van der Waals surface area (Å²) < 4.78 is 6.36. The van der Waals surface area contributed by atoms with Crippen LogP contribution in [0.5, 0.6) is 0 Å². The first-order chi connectivity index (χ1) is 19.3. The van der Waals surface area contributed by atoms with Crippen molar-refractivity contribution < 1.29 is 19.1 Å². The Morgan fingerprint density at radius 3 is 2.05 bits per heavy atom. The first-order valence-corrected chi connectivity index (χ1v) is 13.8. The van der Waals surface area contributed by atoms with Crippen LogP contribution in [0.25, 0.3) is 0 Å². The lowest BCUT2D eigenvalue weighted by Gasteiger charge is -2.23. The minimum absolute atomic E-state index is 0.0509. The van der Waals surface area contributed by atoms with Crippen LogP contribution in [0.15, 0.2) is 89.9 Å². The zero-order valence-corrected chi connectivity index (χ0v) is 24.0. The van der Waals surface area contributed by atoms with Crippen LogP contribution < -0.4 is 27.4 Å². The summed E-state index contributed by atoms with van der Waals surface area (Å²) in [6.45, 7) is 0.348. The number of carbonyl (C=O) groups excluding carboxylic acids is 3. The number of aliphatic imine (C=N–C) groups is 1. The predicted molar refractivity (Wildman–Crippen MR) is 163 cm³/mol. The van der Waals surface area contributed by atoms with Crippen LogP contribution in [-0.2, 0) is 27.4 Å². The molecule has 0 radical (unpaired) electrons. The molecule has 3 aromatic carbocycles. The largest absolute Gasteiger partial charge is 0.445 e. The molecule has 0 spiro atoms. The van der Waals surface area contributed by atoms with Crippen LogP contribution in [0, 0.1) is 3.57 Å². The van der Waals surface area contributed by atoms with E-state index < -0.39 is 30.0 Å². The summed E-state index contributed by atoms with van der Waals surface area (Å²) in [6.07, 6.45) is 0.174. The smallest absolute Gasteiger partial charge is 0.408 e. The highest BCUT2D eigenvalue weighted by Gasteiger charge is 2.27. The van der Waals surface area contributed by atoms with Crippen molar-refractivity contribution in [3.05, 3.63) is 99.6 Å². The molecule has 0 aliphatic rings. The number of amides is 3. The van der Waals surface area contributed by atoms with E-state index in [4.69, 9.17) is 16.2 Å². The molecule has 2 atom stereocenters. The van der Waals surface area contributed by atoms with E-state index in [0.29, 0.717) is 18.7 Å². The van der Waals surface area contributed by atoms with Gasteiger partial charge in [-0.2, -0.15) is 0 Å². The first-order valence-electron chi connectivity index (χ1n) is 12.7. The van der Waals surface area contributed by atoms with Gasteiger partial charge in [0.25, 0.3) is 0 Å². The summed E-state index contributed by atoms with van der Waals surface area (Å²) in [6, 6.07) is 23.9. The lowest BCUT2D eigenvalue weighted by Crippen LogP contribution is -2.53. The fraction of sp³-hybridized carbons (Fsp3) is 0.241. The Kier molecular flexibility index (Phi) is 12.2.